The van der Waals surface area contributed by atoms with Crippen molar-refractivity contribution in [2.75, 3.05) is 13.6 Å². The molecule has 2 aromatic rings. The Balaban J connectivity index is 1.86. The molecule has 0 radical (unpaired) electrons. The number of amides is 2. The molecule has 116 valence electrons. The topological polar surface area (TPSA) is 62.6 Å². The first-order chi connectivity index (χ1) is 10.5. The zero-order valence-electron chi connectivity index (χ0n) is 11.8. The van der Waals surface area contributed by atoms with Crippen molar-refractivity contribution in [3.05, 3.63) is 57.4 Å². The molecule has 1 heterocycles. The van der Waals surface area contributed by atoms with Crippen LogP contribution >= 0.6 is 27.5 Å². The third-order valence-electron chi connectivity index (χ3n) is 2.99. The smallest absolute Gasteiger partial charge is 0.287 e. The molecule has 0 aliphatic rings. The molecule has 7 heteroatoms. The summed E-state index contributed by atoms with van der Waals surface area (Å²) in [6, 6.07) is 10.4. The van der Waals surface area contributed by atoms with Gasteiger partial charge in [-0.05, 0) is 39.7 Å². The molecule has 1 aromatic heterocycles. The second-order valence-corrected chi connectivity index (χ2v) is 5.82. The first kappa shape index (κ1) is 16.6. The van der Waals surface area contributed by atoms with Crippen molar-refractivity contribution in [2.24, 2.45) is 0 Å². The Labute approximate surface area is 141 Å². The number of carbonyl (C=O) groups excluding carboxylic acids is 2. The largest absolute Gasteiger partial charge is 0.444 e. The van der Waals surface area contributed by atoms with Gasteiger partial charge >= 0.3 is 0 Å². The number of carbonyl (C=O) groups is 2. The first-order valence-electron chi connectivity index (χ1n) is 6.48. The summed E-state index contributed by atoms with van der Waals surface area (Å²) in [6.45, 7) is 0.263. The van der Waals surface area contributed by atoms with E-state index in [1.165, 1.54) is 11.0 Å². The van der Waals surface area contributed by atoms with Gasteiger partial charge in [-0.1, -0.05) is 29.8 Å². The highest BCUT2D eigenvalue weighted by molar-refractivity contribution is 9.10. The quantitative estimate of drug-likeness (QED) is 0.860. The Hall–Kier alpha value is -1.79. The number of benzene rings is 1. The van der Waals surface area contributed by atoms with Crippen molar-refractivity contribution in [1.29, 1.82) is 0 Å². The van der Waals surface area contributed by atoms with Crippen LogP contribution in [-0.2, 0) is 11.3 Å². The standard InChI is InChI=1S/C15H14BrClN2O3/c1-19(9-10-4-2-3-5-11(10)17)14(20)8-18-15(21)12-6-7-13(16)22-12/h2-7H,8-9H2,1H3,(H,18,21). The minimum Gasteiger partial charge on any atom is -0.444 e. The Bertz CT molecular complexity index is 687. The molecule has 0 unspecified atom stereocenters. The van der Waals surface area contributed by atoms with Crippen molar-refractivity contribution in [2.45, 2.75) is 6.54 Å². The van der Waals surface area contributed by atoms with Crippen molar-refractivity contribution < 1.29 is 14.0 Å². The predicted molar refractivity (Wildman–Crippen MR) is 86.7 cm³/mol. The number of rotatable bonds is 5. The molecule has 0 saturated carbocycles. The van der Waals surface area contributed by atoms with Crippen LogP contribution in [-0.4, -0.2) is 30.3 Å². The molecule has 22 heavy (non-hydrogen) atoms. The van der Waals surface area contributed by atoms with Gasteiger partial charge < -0.3 is 14.6 Å². The van der Waals surface area contributed by atoms with Gasteiger partial charge in [0.15, 0.2) is 10.4 Å². The SMILES string of the molecule is CN(Cc1ccccc1Cl)C(=O)CNC(=O)c1ccc(Br)o1. The van der Waals surface area contributed by atoms with Gasteiger partial charge in [-0.25, -0.2) is 0 Å². The zero-order chi connectivity index (χ0) is 16.1. The lowest BCUT2D eigenvalue weighted by molar-refractivity contribution is -0.129. The Morgan fingerprint density at radius 2 is 2.00 bits per heavy atom. The van der Waals surface area contributed by atoms with Crippen LogP contribution in [0, 0.1) is 0 Å². The molecule has 0 saturated heterocycles. The fraction of sp³-hybridized carbons (Fsp3) is 0.200. The summed E-state index contributed by atoms with van der Waals surface area (Å²) in [5, 5.41) is 3.12. The van der Waals surface area contributed by atoms with Gasteiger partial charge in [0.2, 0.25) is 5.91 Å². The summed E-state index contributed by atoms with van der Waals surface area (Å²) < 4.78 is 5.57. The fourth-order valence-electron chi connectivity index (χ4n) is 1.78. The lowest BCUT2D eigenvalue weighted by Crippen LogP contribution is -2.37. The number of hydrogen-bond acceptors (Lipinski definition) is 3. The maximum absolute atomic E-state index is 12.0. The predicted octanol–water partition coefficient (Wildman–Crippen LogP) is 3.08. The molecule has 2 rings (SSSR count). The van der Waals surface area contributed by atoms with Crippen molar-refractivity contribution in [3.8, 4) is 0 Å². The Kier molecular flexibility index (Phi) is 5.63. The van der Waals surface area contributed by atoms with Gasteiger partial charge in [0.25, 0.3) is 5.91 Å². The third-order valence-corrected chi connectivity index (χ3v) is 3.78. The molecule has 0 atom stereocenters. The van der Waals surface area contributed by atoms with E-state index in [1.54, 1.807) is 19.2 Å². The molecule has 0 fully saturated rings. The molecule has 2 amide bonds. The molecule has 0 bridgehead atoms. The highest BCUT2D eigenvalue weighted by Crippen LogP contribution is 2.16. The van der Waals surface area contributed by atoms with Crippen LogP contribution in [0.15, 0.2) is 45.5 Å². The van der Waals surface area contributed by atoms with Gasteiger partial charge in [0.05, 0.1) is 6.54 Å². The monoisotopic (exact) mass is 384 g/mol. The average Bonchev–Trinajstić information content (AvgIpc) is 2.93. The third kappa shape index (κ3) is 4.35. The molecular formula is C15H14BrClN2O3. The molecule has 5 nitrogen and oxygen atoms in total. The summed E-state index contributed by atoms with van der Waals surface area (Å²) >= 11 is 9.17. The summed E-state index contributed by atoms with van der Waals surface area (Å²) in [5.41, 5.74) is 0.848. The summed E-state index contributed by atoms with van der Waals surface area (Å²) in [5.74, 6) is -0.516. The van der Waals surface area contributed by atoms with Crippen LogP contribution in [0.25, 0.3) is 0 Å². The number of furan rings is 1. The van der Waals surface area contributed by atoms with Crippen LogP contribution in [0.2, 0.25) is 5.02 Å². The minimum absolute atomic E-state index is 0.113. The normalized spacial score (nSPS) is 10.3. The number of nitrogens with one attached hydrogen (secondary N) is 1. The second-order valence-electron chi connectivity index (χ2n) is 4.63. The highest BCUT2D eigenvalue weighted by atomic mass is 79.9. The van der Waals surface area contributed by atoms with Gasteiger partial charge in [0.1, 0.15) is 0 Å². The summed E-state index contributed by atoms with van der Waals surface area (Å²) in [7, 11) is 1.65. The van der Waals surface area contributed by atoms with Crippen LogP contribution < -0.4 is 5.32 Å². The molecule has 0 aliphatic carbocycles. The molecule has 0 spiro atoms. The van der Waals surface area contributed by atoms with Gasteiger partial charge in [-0.3, -0.25) is 9.59 Å². The van der Waals surface area contributed by atoms with E-state index in [0.29, 0.717) is 16.2 Å². The highest BCUT2D eigenvalue weighted by Gasteiger charge is 2.15. The zero-order valence-corrected chi connectivity index (χ0v) is 14.1. The van der Waals surface area contributed by atoms with E-state index in [0.717, 1.165) is 5.56 Å². The number of hydrogen-bond donors (Lipinski definition) is 1. The van der Waals surface area contributed by atoms with Crippen molar-refractivity contribution in [3.63, 3.8) is 0 Å². The van der Waals surface area contributed by atoms with E-state index < -0.39 is 5.91 Å². The van der Waals surface area contributed by atoms with E-state index in [1.807, 2.05) is 18.2 Å². The number of halogens is 2. The lowest BCUT2D eigenvalue weighted by Gasteiger charge is -2.18. The number of likely N-dealkylation sites (N-methyl/N-ethyl adjacent to an activating group) is 1. The number of nitrogens with zero attached hydrogens (tertiary/aromatic N) is 1. The Morgan fingerprint density at radius 1 is 1.27 bits per heavy atom. The maximum Gasteiger partial charge on any atom is 0.287 e. The minimum atomic E-state index is -0.440. The molecule has 1 N–H and O–H groups in total. The van der Waals surface area contributed by atoms with E-state index in [9.17, 15) is 9.59 Å². The van der Waals surface area contributed by atoms with E-state index in [2.05, 4.69) is 21.2 Å². The van der Waals surface area contributed by atoms with Crippen LogP contribution in [0.4, 0.5) is 0 Å². The van der Waals surface area contributed by atoms with Gasteiger partial charge in [-0.15, -0.1) is 0 Å². The molecule has 0 aliphatic heterocycles. The lowest BCUT2D eigenvalue weighted by atomic mass is 10.2. The van der Waals surface area contributed by atoms with Crippen LogP contribution in [0.5, 0.6) is 0 Å². The first-order valence-corrected chi connectivity index (χ1v) is 7.65. The van der Waals surface area contributed by atoms with Crippen LogP contribution in [0.1, 0.15) is 16.1 Å². The van der Waals surface area contributed by atoms with Gasteiger partial charge in [-0.2, -0.15) is 0 Å². The van der Waals surface area contributed by atoms with Crippen LogP contribution in [0.3, 0.4) is 0 Å². The summed E-state index contributed by atoms with van der Waals surface area (Å²) in [4.78, 5) is 25.3. The maximum atomic E-state index is 12.0. The molecule has 1 aromatic carbocycles. The van der Waals surface area contributed by atoms with E-state index >= 15 is 0 Å². The summed E-state index contributed by atoms with van der Waals surface area (Å²) in [6.07, 6.45) is 0. The van der Waals surface area contributed by atoms with E-state index in [-0.39, 0.29) is 18.2 Å². The average molecular weight is 386 g/mol. The molecular weight excluding hydrogens is 372 g/mol. The second kappa shape index (κ2) is 7.47. The Morgan fingerprint density at radius 3 is 2.64 bits per heavy atom. The van der Waals surface area contributed by atoms with Gasteiger partial charge in [0, 0.05) is 18.6 Å². The van der Waals surface area contributed by atoms with Crippen molar-refractivity contribution >= 4 is 39.3 Å². The fourth-order valence-corrected chi connectivity index (χ4v) is 2.29. The van der Waals surface area contributed by atoms with Crippen molar-refractivity contribution in [1.82, 2.24) is 10.2 Å². The van der Waals surface area contributed by atoms with E-state index in [4.69, 9.17) is 16.0 Å².